The van der Waals surface area contributed by atoms with Crippen molar-refractivity contribution >= 4 is 21.6 Å². The van der Waals surface area contributed by atoms with E-state index in [4.69, 9.17) is 4.98 Å². The van der Waals surface area contributed by atoms with Crippen LogP contribution in [0.2, 0.25) is 0 Å². The predicted octanol–water partition coefficient (Wildman–Crippen LogP) is 4.95. The second-order valence-corrected chi connectivity index (χ2v) is 6.57. The van der Waals surface area contributed by atoms with Gasteiger partial charge < -0.3 is 0 Å². The molecule has 0 fully saturated rings. The standard InChI is InChI=1S/C17H18N2S/c1-12(2)3-6-17-19-15-5-4-14(11-16(15)20-17)13-7-9-18-10-8-13/h4-5,7-12H,3,6H2,1-2H3. The molecular formula is C17H18N2S. The lowest BCUT2D eigenvalue weighted by molar-refractivity contribution is 0.586. The fourth-order valence-electron chi connectivity index (χ4n) is 2.22. The monoisotopic (exact) mass is 282 g/mol. The molecule has 2 nitrogen and oxygen atoms in total. The number of aromatic nitrogens is 2. The Morgan fingerprint density at radius 1 is 1.05 bits per heavy atom. The van der Waals surface area contributed by atoms with Gasteiger partial charge in [-0.15, -0.1) is 11.3 Å². The Kier molecular flexibility index (Phi) is 3.79. The van der Waals surface area contributed by atoms with Crippen LogP contribution in [0.1, 0.15) is 25.3 Å². The van der Waals surface area contributed by atoms with E-state index in [9.17, 15) is 0 Å². The highest BCUT2D eigenvalue weighted by Gasteiger charge is 2.06. The first-order valence-electron chi connectivity index (χ1n) is 7.02. The lowest BCUT2D eigenvalue weighted by Crippen LogP contribution is -1.90. The summed E-state index contributed by atoms with van der Waals surface area (Å²) < 4.78 is 1.28. The summed E-state index contributed by atoms with van der Waals surface area (Å²) in [7, 11) is 0. The van der Waals surface area contributed by atoms with Gasteiger partial charge in [0.2, 0.25) is 0 Å². The minimum absolute atomic E-state index is 0.731. The number of pyridine rings is 1. The van der Waals surface area contributed by atoms with Crippen molar-refractivity contribution in [3.63, 3.8) is 0 Å². The number of nitrogens with zero attached hydrogens (tertiary/aromatic N) is 2. The molecule has 0 radical (unpaired) electrons. The van der Waals surface area contributed by atoms with Crippen molar-refractivity contribution in [2.75, 3.05) is 0 Å². The van der Waals surface area contributed by atoms with Crippen LogP contribution < -0.4 is 0 Å². The lowest BCUT2D eigenvalue weighted by Gasteiger charge is -1.99. The Morgan fingerprint density at radius 2 is 1.85 bits per heavy atom. The number of hydrogen-bond donors (Lipinski definition) is 0. The maximum absolute atomic E-state index is 4.73. The summed E-state index contributed by atoms with van der Waals surface area (Å²) >= 11 is 1.82. The zero-order valence-corrected chi connectivity index (χ0v) is 12.7. The number of fused-ring (bicyclic) bond motifs is 1. The van der Waals surface area contributed by atoms with Crippen LogP contribution >= 0.6 is 11.3 Å². The number of aryl methyl sites for hydroxylation is 1. The van der Waals surface area contributed by atoms with E-state index in [2.05, 4.69) is 37.0 Å². The molecule has 0 saturated heterocycles. The Morgan fingerprint density at radius 3 is 2.60 bits per heavy atom. The van der Waals surface area contributed by atoms with Gasteiger partial charge in [-0.1, -0.05) is 19.9 Å². The molecule has 0 saturated carbocycles. The van der Waals surface area contributed by atoms with Crippen LogP contribution in [0.5, 0.6) is 0 Å². The van der Waals surface area contributed by atoms with Crippen LogP contribution in [0.4, 0.5) is 0 Å². The molecular weight excluding hydrogens is 264 g/mol. The molecule has 2 aromatic heterocycles. The number of benzene rings is 1. The molecule has 0 aliphatic heterocycles. The number of rotatable bonds is 4. The van der Waals surface area contributed by atoms with Crippen LogP contribution in [0.3, 0.4) is 0 Å². The summed E-state index contributed by atoms with van der Waals surface area (Å²) in [5.41, 5.74) is 3.56. The minimum Gasteiger partial charge on any atom is -0.265 e. The summed E-state index contributed by atoms with van der Waals surface area (Å²) in [4.78, 5) is 8.79. The Bertz CT molecular complexity index is 701. The summed E-state index contributed by atoms with van der Waals surface area (Å²) in [5.74, 6) is 0.731. The van der Waals surface area contributed by atoms with Gasteiger partial charge in [-0.05, 0) is 54.2 Å². The largest absolute Gasteiger partial charge is 0.265 e. The molecule has 0 bridgehead atoms. The Hall–Kier alpha value is -1.74. The lowest BCUT2D eigenvalue weighted by atomic mass is 10.1. The Labute approximate surface area is 123 Å². The van der Waals surface area contributed by atoms with E-state index < -0.39 is 0 Å². The molecule has 3 rings (SSSR count). The third-order valence-corrected chi connectivity index (χ3v) is 4.46. The molecule has 0 unspecified atom stereocenters. The summed E-state index contributed by atoms with van der Waals surface area (Å²) in [5, 5.41) is 1.25. The van der Waals surface area contributed by atoms with Crippen molar-refractivity contribution in [1.29, 1.82) is 0 Å². The normalized spacial score (nSPS) is 11.3. The van der Waals surface area contributed by atoms with Crippen LogP contribution in [0.25, 0.3) is 21.3 Å². The van der Waals surface area contributed by atoms with Crippen LogP contribution in [-0.4, -0.2) is 9.97 Å². The predicted molar refractivity (Wildman–Crippen MR) is 86.0 cm³/mol. The molecule has 3 heteroatoms. The number of hydrogen-bond acceptors (Lipinski definition) is 3. The highest BCUT2D eigenvalue weighted by Crippen LogP contribution is 2.28. The second-order valence-electron chi connectivity index (χ2n) is 5.46. The van der Waals surface area contributed by atoms with Gasteiger partial charge in [-0.25, -0.2) is 4.98 Å². The maximum atomic E-state index is 4.73. The molecule has 0 spiro atoms. The molecule has 20 heavy (non-hydrogen) atoms. The van der Waals surface area contributed by atoms with Gasteiger partial charge in [0.05, 0.1) is 15.2 Å². The fourth-order valence-corrected chi connectivity index (χ4v) is 3.24. The van der Waals surface area contributed by atoms with Crippen molar-refractivity contribution in [2.24, 2.45) is 5.92 Å². The fraction of sp³-hybridized carbons (Fsp3) is 0.294. The highest BCUT2D eigenvalue weighted by atomic mass is 32.1. The molecule has 0 atom stereocenters. The van der Waals surface area contributed by atoms with Crippen molar-refractivity contribution in [3.05, 3.63) is 47.7 Å². The average Bonchev–Trinajstić information content (AvgIpc) is 2.88. The molecule has 0 aliphatic carbocycles. The topological polar surface area (TPSA) is 25.8 Å². The second kappa shape index (κ2) is 5.71. The van der Waals surface area contributed by atoms with E-state index in [1.54, 1.807) is 0 Å². The highest BCUT2D eigenvalue weighted by molar-refractivity contribution is 7.18. The first-order chi connectivity index (χ1) is 9.72. The van der Waals surface area contributed by atoms with Gasteiger partial charge in [0, 0.05) is 12.4 Å². The minimum atomic E-state index is 0.731. The van der Waals surface area contributed by atoms with Crippen molar-refractivity contribution < 1.29 is 0 Å². The van der Waals surface area contributed by atoms with Gasteiger partial charge in [-0.2, -0.15) is 0 Å². The van der Waals surface area contributed by atoms with Gasteiger partial charge in [0.15, 0.2) is 0 Å². The van der Waals surface area contributed by atoms with E-state index >= 15 is 0 Å². The van der Waals surface area contributed by atoms with Gasteiger partial charge in [-0.3, -0.25) is 4.98 Å². The molecule has 0 aliphatic rings. The zero-order valence-electron chi connectivity index (χ0n) is 11.8. The number of thiazole rings is 1. The first-order valence-corrected chi connectivity index (χ1v) is 7.84. The van der Waals surface area contributed by atoms with E-state index in [1.807, 2.05) is 35.9 Å². The van der Waals surface area contributed by atoms with E-state index in [-0.39, 0.29) is 0 Å². The zero-order chi connectivity index (χ0) is 13.9. The van der Waals surface area contributed by atoms with E-state index in [0.29, 0.717) is 0 Å². The quantitative estimate of drug-likeness (QED) is 0.677. The van der Waals surface area contributed by atoms with Crippen LogP contribution in [0.15, 0.2) is 42.7 Å². The summed E-state index contributed by atoms with van der Waals surface area (Å²) in [6.45, 7) is 4.52. The molecule has 2 heterocycles. The average molecular weight is 282 g/mol. The van der Waals surface area contributed by atoms with Gasteiger partial charge >= 0.3 is 0 Å². The molecule has 0 amide bonds. The molecule has 0 N–H and O–H groups in total. The summed E-state index contributed by atoms with van der Waals surface area (Å²) in [6.07, 6.45) is 5.96. The van der Waals surface area contributed by atoms with Crippen LogP contribution in [0, 0.1) is 5.92 Å². The maximum Gasteiger partial charge on any atom is 0.0938 e. The SMILES string of the molecule is CC(C)CCc1nc2ccc(-c3ccncc3)cc2s1. The Balaban J connectivity index is 1.91. The molecule has 102 valence electrons. The third kappa shape index (κ3) is 2.88. The smallest absolute Gasteiger partial charge is 0.0938 e. The molecule has 3 aromatic rings. The van der Waals surface area contributed by atoms with Gasteiger partial charge in [0.25, 0.3) is 0 Å². The van der Waals surface area contributed by atoms with Gasteiger partial charge in [0.1, 0.15) is 0 Å². The van der Waals surface area contributed by atoms with E-state index in [0.717, 1.165) is 17.9 Å². The van der Waals surface area contributed by atoms with Crippen molar-refractivity contribution in [3.8, 4) is 11.1 Å². The molecule has 1 aromatic carbocycles. The van der Waals surface area contributed by atoms with Crippen molar-refractivity contribution in [1.82, 2.24) is 9.97 Å². The summed E-state index contributed by atoms with van der Waals surface area (Å²) in [6, 6.07) is 10.6. The third-order valence-electron chi connectivity index (χ3n) is 3.38. The van der Waals surface area contributed by atoms with Crippen LogP contribution in [-0.2, 0) is 6.42 Å². The van der Waals surface area contributed by atoms with E-state index in [1.165, 1.54) is 27.3 Å². The van der Waals surface area contributed by atoms with Crippen molar-refractivity contribution in [2.45, 2.75) is 26.7 Å². The first kappa shape index (κ1) is 13.3.